The smallest absolute Gasteiger partial charge is 0.274 e. The Balaban J connectivity index is 1.78. The molecule has 0 saturated carbocycles. The van der Waals surface area contributed by atoms with Gasteiger partial charge in [0.2, 0.25) is 0 Å². The van der Waals surface area contributed by atoms with Crippen LogP contribution in [0.15, 0.2) is 35.3 Å². The Labute approximate surface area is 218 Å². The highest BCUT2D eigenvalue weighted by atomic mass is 32.1. The Morgan fingerprint density at radius 2 is 1.89 bits per heavy atom. The van der Waals surface area contributed by atoms with Crippen molar-refractivity contribution in [3.63, 3.8) is 0 Å². The van der Waals surface area contributed by atoms with Gasteiger partial charge in [-0.25, -0.2) is 4.39 Å². The fourth-order valence-electron chi connectivity index (χ4n) is 4.46. The monoisotopic (exact) mass is 525 g/mol. The minimum absolute atomic E-state index is 0.252. The van der Waals surface area contributed by atoms with Gasteiger partial charge < -0.3 is 24.7 Å². The van der Waals surface area contributed by atoms with Gasteiger partial charge in [0, 0.05) is 42.0 Å². The third-order valence-corrected chi connectivity index (χ3v) is 7.83. The summed E-state index contributed by atoms with van der Waals surface area (Å²) in [6.07, 6.45) is 2.31. The maximum absolute atomic E-state index is 13.7. The molecule has 1 aromatic carbocycles. The van der Waals surface area contributed by atoms with Crippen molar-refractivity contribution in [2.24, 2.45) is 7.05 Å². The van der Waals surface area contributed by atoms with E-state index in [9.17, 15) is 19.1 Å². The molecule has 3 N–H and O–H groups in total. The summed E-state index contributed by atoms with van der Waals surface area (Å²) in [6.45, 7) is 9.81. The number of rotatable bonds is 8. The number of carbonyl (C=O) groups is 1. The van der Waals surface area contributed by atoms with Gasteiger partial charge >= 0.3 is 0 Å². The second kappa shape index (κ2) is 10.1. The van der Waals surface area contributed by atoms with Crippen LogP contribution < -0.4 is 15.6 Å². The number of carbonyl (C=O) groups excluding carboxylic acids is 1. The van der Waals surface area contributed by atoms with Crippen LogP contribution in [0.3, 0.4) is 0 Å². The summed E-state index contributed by atoms with van der Waals surface area (Å²) in [5, 5.41) is 14.1. The number of aromatic amines is 1. The molecule has 37 heavy (non-hydrogen) atoms. The number of H-pyrrole nitrogens is 1. The van der Waals surface area contributed by atoms with Crippen LogP contribution in [0.1, 0.15) is 52.8 Å². The molecule has 7 nitrogen and oxygen atoms in total. The van der Waals surface area contributed by atoms with Gasteiger partial charge in [-0.15, -0.1) is 11.3 Å². The zero-order chi connectivity index (χ0) is 27.1. The number of pyridine rings is 1. The van der Waals surface area contributed by atoms with Crippen molar-refractivity contribution < 1.29 is 19.0 Å². The van der Waals surface area contributed by atoms with Crippen LogP contribution in [0.4, 0.5) is 4.39 Å². The summed E-state index contributed by atoms with van der Waals surface area (Å²) < 4.78 is 21.4. The molecule has 3 aromatic heterocycles. The lowest BCUT2D eigenvalue weighted by atomic mass is 10.0. The van der Waals surface area contributed by atoms with Crippen LogP contribution in [0.2, 0.25) is 0 Å². The third-order valence-electron chi connectivity index (χ3n) is 6.36. The zero-order valence-electron chi connectivity index (χ0n) is 21.9. The molecule has 0 aliphatic carbocycles. The van der Waals surface area contributed by atoms with Crippen molar-refractivity contribution in [3.05, 3.63) is 73.9 Å². The first-order valence-corrected chi connectivity index (χ1v) is 13.0. The number of benzene rings is 1. The lowest BCUT2D eigenvalue weighted by molar-refractivity contribution is 0.0823. The standard InChI is InChI=1S/C28H32FN3O4S/c1-7-30-26(33)21-12-19-20(14-32(6)27(34)24(19)31-21)25-22(13-23(37-25)28(4,5)35)36-9-8-18-15(2)10-17(29)11-16(18)3/h10-14,31,35H,7-9H2,1-6H3,(H,30,33). The fourth-order valence-corrected chi connectivity index (χ4v) is 5.59. The van der Waals surface area contributed by atoms with E-state index in [1.165, 1.54) is 28.0 Å². The Morgan fingerprint density at radius 3 is 2.51 bits per heavy atom. The van der Waals surface area contributed by atoms with E-state index in [4.69, 9.17) is 4.74 Å². The molecule has 3 heterocycles. The highest BCUT2D eigenvalue weighted by Crippen LogP contribution is 2.44. The first-order chi connectivity index (χ1) is 17.4. The fraction of sp³-hybridized carbons (Fsp3) is 0.357. The molecule has 0 radical (unpaired) electrons. The molecule has 1 amide bonds. The quantitative estimate of drug-likeness (QED) is 0.303. The van der Waals surface area contributed by atoms with E-state index in [2.05, 4.69) is 10.3 Å². The molecule has 0 saturated heterocycles. The number of aromatic nitrogens is 2. The van der Waals surface area contributed by atoms with E-state index in [0.29, 0.717) is 52.4 Å². The van der Waals surface area contributed by atoms with Gasteiger partial charge in [-0.2, -0.15) is 0 Å². The van der Waals surface area contributed by atoms with E-state index in [0.717, 1.165) is 21.6 Å². The predicted octanol–water partition coefficient (Wildman–Crippen LogP) is 4.95. The molecule has 9 heteroatoms. The number of halogens is 1. The average molecular weight is 526 g/mol. The average Bonchev–Trinajstić information content (AvgIpc) is 3.43. The molecule has 0 atom stereocenters. The molecule has 0 aliphatic heterocycles. The van der Waals surface area contributed by atoms with Crippen LogP contribution in [0, 0.1) is 19.7 Å². The maximum Gasteiger partial charge on any atom is 0.274 e. The highest BCUT2D eigenvalue weighted by molar-refractivity contribution is 7.16. The van der Waals surface area contributed by atoms with Crippen molar-refractivity contribution in [1.82, 2.24) is 14.9 Å². The molecule has 0 spiro atoms. The number of aliphatic hydroxyl groups is 1. The minimum atomic E-state index is -1.10. The molecule has 4 rings (SSSR count). The minimum Gasteiger partial charge on any atom is -0.492 e. The van der Waals surface area contributed by atoms with E-state index in [1.807, 2.05) is 26.8 Å². The van der Waals surface area contributed by atoms with Crippen LogP contribution >= 0.6 is 11.3 Å². The van der Waals surface area contributed by atoms with E-state index < -0.39 is 5.60 Å². The summed E-state index contributed by atoms with van der Waals surface area (Å²) in [6, 6.07) is 6.53. The summed E-state index contributed by atoms with van der Waals surface area (Å²) in [7, 11) is 1.66. The number of hydrogen-bond acceptors (Lipinski definition) is 5. The van der Waals surface area contributed by atoms with Gasteiger partial charge in [0.15, 0.2) is 0 Å². The van der Waals surface area contributed by atoms with Gasteiger partial charge in [-0.3, -0.25) is 9.59 Å². The Morgan fingerprint density at radius 1 is 1.22 bits per heavy atom. The number of thiophene rings is 1. The highest BCUT2D eigenvalue weighted by Gasteiger charge is 2.25. The van der Waals surface area contributed by atoms with Crippen LogP contribution in [-0.2, 0) is 19.1 Å². The van der Waals surface area contributed by atoms with Gasteiger partial charge in [0.05, 0.1) is 17.1 Å². The maximum atomic E-state index is 13.7. The number of fused-ring (bicyclic) bond motifs is 1. The summed E-state index contributed by atoms with van der Waals surface area (Å²) in [5.41, 5.74) is 2.75. The molecule has 4 aromatic rings. The van der Waals surface area contributed by atoms with Gasteiger partial charge in [0.25, 0.3) is 11.5 Å². The van der Waals surface area contributed by atoms with E-state index in [1.54, 1.807) is 33.2 Å². The first kappa shape index (κ1) is 26.6. The van der Waals surface area contributed by atoms with Gasteiger partial charge in [-0.05, 0) is 75.6 Å². The summed E-state index contributed by atoms with van der Waals surface area (Å²) in [4.78, 5) is 29.8. The number of ether oxygens (including phenoxy) is 1. The van der Waals surface area contributed by atoms with Crippen LogP contribution in [-0.4, -0.2) is 33.7 Å². The number of nitrogens with one attached hydrogen (secondary N) is 2. The summed E-state index contributed by atoms with van der Waals surface area (Å²) in [5.74, 6) is 0.0173. The lowest BCUT2D eigenvalue weighted by Gasteiger charge is -2.14. The topological polar surface area (TPSA) is 96.3 Å². The second-order valence-electron chi connectivity index (χ2n) is 9.77. The van der Waals surface area contributed by atoms with Crippen molar-refractivity contribution >= 4 is 28.1 Å². The van der Waals surface area contributed by atoms with Crippen molar-refractivity contribution in [2.45, 2.75) is 46.6 Å². The van der Waals surface area contributed by atoms with Crippen LogP contribution in [0.5, 0.6) is 5.75 Å². The SMILES string of the molecule is CCNC(=O)c1cc2c(-c3sc(C(C)(C)O)cc3OCCc3c(C)cc(F)cc3C)cn(C)c(=O)c2[nH]1. The van der Waals surface area contributed by atoms with Crippen LogP contribution in [0.25, 0.3) is 21.3 Å². The van der Waals surface area contributed by atoms with Crippen molar-refractivity contribution in [3.8, 4) is 16.2 Å². The molecule has 196 valence electrons. The summed E-state index contributed by atoms with van der Waals surface area (Å²) >= 11 is 1.38. The Hall–Kier alpha value is -3.43. The zero-order valence-corrected chi connectivity index (χ0v) is 22.7. The molecular formula is C28H32FN3O4S. The second-order valence-corrected chi connectivity index (χ2v) is 10.8. The van der Waals surface area contributed by atoms with Crippen molar-refractivity contribution in [1.29, 1.82) is 0 Å². The number of hydrogen-bond donors (Lipinski definition) is 3. The van der Waals surface area contributed by atoms with E-state index in [-0.39, 0.29) is 17.3 Å². The Bertz CT molecular complexity index is 1520. The molecule has 0 bridgehead atoms. The number of amides is 1. The van der Waals surface area contributed by atoms with Crippen molar-refractivity contribution in [2.75, 3.05) is 13.2 Å². The number of aryl methyl sites for hydroxylation is 3. The Kier molecular flexibility index (Phi) is 7.30. The van der Waals surface area contributed by atoms with Gasteiger partial charge in [-0.1, -0.05) is 0 Å². The third kappa shape index (κ3) is 5.33. The number of nitrogens with zero attached hydrogens (tertiary/aromatic N) is 1. The lowest BCUT2D eigenvalue weighted by Crippen LogP contribution is -2.23. The predicted molar refractivity (Wildman–Crippen MR) is 145 cm³/mol. The normalized spacial score (nSPS) is 11.8. The first-order valence-electron chi connectivity index (χ1n) is 12.2. The molecule has 0 aliphatic rings. The molecular weight excluding hydrogens is 493 g/mol. The molecule has 0 unspecified atom stereocenters. The van der Waals surface area contributed by atoms with Gasteiger partial charge in [0.1, 0.15) is 22.8 Å². The molecule has 0 fully saturated rings. The largest absolute Gasteiger partial charge is 0.492 e. The van der Waals surface area contributed by atoms with E-state index >= 15 is 0 Å².